The fourth-order valence-corrected chi connectivity index (χ4v) is 1.88. The van der Waals surface area contributed by atoms with Crippen molar-refractivity contribution in [2.45, 2.75) is 33.1 Å². The van der Waals surface area contributed by atoms with Gasteiger partial charge in [0.2, 0.25) is 0 Å². The van der Waals surface area contributed by atoms with Crippen LogP contribution in [-0.4, -0.2) is 11.1 Å². The molecular formula is C13H18O2. The highest BCUT2D eigenvalue weighted by molar-refractivity contribution is 5.89. The molecule has 0 saturated heterocycles. The van der Waals surface area contributed by atoms with Gasteiger partial charge in [0.25, 0.3) is 0 Å². The maximum Gasteiger partial charge on any atom is 0.335 e. The lowest BCUT2D eigenvalue weighted by Crippen LogP contribution is -2.06. The van der Waals surface area contributed by atoms with Crippen LogP contribution in [0.4, 0.5) is 0 Å². The number of aromatic carboxylic acids is 1. The number of benzene rings is 1. The largest absolute Gasteiger partial charge is 0.478 e. The third-order valence-electron chi connectivity index (χ3n) is 2.60. The predicted octanol–water partition coefficient (Wildman–Crippen LogP) is 3.36. The Labute approximate surface area is 90.9 Å². The third-order valence-corrected chi connectivity index (χ3v) is 2.60. The van der Waals surface area contributed by atoms with Gasteiger partial charge in [0.15, 0.2) is 0 Å². The Morgan fingerprint density at radius 1 is 1.40 bits per heavy atom. The molecule has 82 valence electrons. The van der Waals surface area contributed by atoms with Crippen LogP contribution in [0.2, 0.25) is 0 Å². The van der Waals surface area contributed by atoms with Gasteiger partial charge in [-0.05, 0) is 24.0 Å². The van der Waals surface area contributed by atoms with E-state index < -0.39 is 5.97 Å². The van der Waals surface area contributed by atoms with Gasteiger partial charge in [-0.2, -0.15) is 0 Å². The van der Waals surface area contributed by atoms with Crippen molar-refractivity contribution in [2.75, 3.05) is 0 Å². The third kappa shape index (κ3) is 3.39. The summed E-state index contributed by atoms with van der Waals surface area (Å²) in [5, 5.41) is 9.01. The van der Waals surface area contributed by atoms with Crippen LogP contribution >= 0.6 is 0 Å². The fourth-order valence-electron chi connectivity index (χ4n) is 1.88. The number of carbonyl (C=O) groups is 1. The summed E-state index contributed by atoms with van der Waals surface area (Å²) in [6, 6.07) is 7.27. The Hall–Kier alpha value is -1.31. The molecule has 1 N–H and O–H groups in total. The van der Waals surface area contributed by atoms with Crippen LogP contribution in [0.3, 0.4) is 0 Å². The molecule has 0 aromatic heterocycles. The molecule has 0 aliphatic heterocycles. The quantitative estimate of drug-likeness (QED) is 0.802. The molecule has 0 aliphatic rings. The Morgan fingerprint density at radius 2 is 2.07 bits per heavy atom. The highest BCUT2D eigenvalue weighted by atomic mass is 16.4. The number of hydrogen-bond acceptors (Lipinski definition) is 1. The Morgan fingerprint density at radius 3 is 2.67 bits per heavy atom. The van der Waals surface area contributed by atoms with Crippen molar-refractivity contribution in [2.24, 2.45) is 5.92 Å². The summed E-state index contributed by atoms with van der Waals surface area (Å²) in [6.45, 7) is 4.32. The van der Waals surface area contributed by atoms with E-state index in [4.69, 9.17) is 5.11 Å². The van der Waals surface area contributed by atoms with E-state index in [1.165, 1.54) is 0 Å². The van der Waals surface area contributed by atoms with Gasteiger partial charge in [-0.3, -0.25) is 0 Å². The van der Waals surface area contributed by atoms with Crippen molar-refractivity contribution in [3.8, 4) is 0 Å². The number of hydrogen-bond donors (Lipinski definition) is 1. The maximum absolute atomic E-state index is 11.0. The molecule has 0 radical (unpaired) electrons. The normalized spacial score (nSPS) is 12.4. The van der Waals surface area contributed by atoms with Gasteiger partial charge >= 0.3 is 5.97 Å². The first kappa shape index (κ1) is 11.8. The minimum atomic E-state index is -0.825. The zero-order chi connectivity index (χ0) is 11.3. The van der Waals surface area contributed by atoms with Crippen molar-refractivity contribution in [1.82, 2.24) is 0 Å². The molecule has 2 heteroatoms. The first-order chi connectivity index (χ1) is 7.15. The lowest BCUT2D eigenvalue weighted by atomic mass is 9.94. The zero-order valence-electron chi connectivity index (χ0n) is 9.36. The summed E-state index contributed by atoms with van der Waals surface area (Å²) in [5.74, 6) is -0.273. The Kier molecular flexibility index (Phi) is 4.35. The molecule has 1 rings (SSSR count). The number of carboxylic acid groups (broad SMARTS) is 1. The van der Waals surface area contributed by atoms with E-state index in [2.05, 4.69) is 13.8 Å². The predicted molar refractivity (Wildman–Crippen MR) is 61.2 cm³/mol. The number of carboxylic acids is 1. The van der Waals surface area contributed by atoms with Crippen LogP contribution in [0.15, 0.2) is 24.3 Å². The van der Waals surface area contributed by atoms with E-state index in [1.54, 1.807) is 12.1 Å². The summed E-state index contributed by atoms with van der Waals surface area (Å²) < 4.78 is 0. The molecule has 0 saturated carbocycles. The van der Waals surface area contributed by atoms with Crippen molar-refractivity contribution in [3.63, 3.8) is 0 Å². The number of rotatable bonds is 5. The second-order valence-electron chi connectivity index (χ2n) is 4.06. The topological polar surface area (TPSA) is 37.3 Å². The second-order valence-corrected chi connectivity index (χ2v) is 4.06. The van der Waals surface area contributed by atoms with E-state index in [1.807, 2.05) is 12.1 Å². The SMILES string of the molecule is CCCC(C)Cc1ccccc1C(=O)O. The van der Waals surface area contributed by atoms with Crippen LogP contribution in [0.25, 0.3) is 0 Å². The molecule has 0 aliphatic carbocycles. The molecular weight excluding hydrogens is 188 g/mol. The van der Waals surface area contributed by atoms with Gasteiger partial charge in [-0.15, -0.1) is 0 Å². The molecule has 2 nitrogen and oxygen atoms in total. The van der Waals surface area contributed by atoms with Crippen molar-refractivity contribution < 1.29 is 9.90 Å². The van der Waals surface area contributed by atoms with Crippen molar-refractivity contribution in [3.05, 3.63) is 35.4 Å². The summed E-state index contributed by atoms with van der Waals surface area (Å²) in [5.41, 5.74) is 1.39. The fraction of sp³-hybridized carbons (Fsp3) is 0.462. The van der Waals surface area contributed by atoms with Crippen LogP contribution in [0.5, 0.6) is 0 Å². The maximum atomic E-state index is 11.0. The smallest absolute Gasteiger partial charge is 0.335 e. The van der Waals surface area contributed by atoms with Crippen LogP contribution < -0.4 is 0 Å². The molecule has 0 amide bonds. The minimum absolute atomic E-state index is 0.445. The highest BCUT2D eigenvalue weighted by Gasteiger charge is 2.11. The molecule has 1 aromatic carbocycles. The standard InChI is InChI=1S/C13H18O2/c1-3-6-10(2)9-11-7-4-5-8-12(11)13(14)15/h4-5,7-8,10H,3,6,9H2,1-2H3,(H,14,15). The van der Waals surface area contributed by atoms with E-state index >= 15 is 0 Å². The van der Waals surface area contributed by atoms with Gasteiger partial charge in [-0.1, -0.05) is 44.9 Å². The van der Waals surface area contributed by atoms with Gasteiger partial charge in [0.1, 0.15) is 0 Å². The molecule has 15 heavy (non-hydrogen) atoms. The van der Waals surface area contributed by atoms with Crippen LogP contribution in [0.1, 0.15) is 42.6 Å². The first-order valence-electron chi connectivity index (χ1n) is 5.46. The molecule has 0 bridgehead atoms. The average Bonchev–Trinajstić information content (AvgIpc) is 2.18. The summed E-state index contributed by atoms with van der Waals surface area (Å²) in [7, 11) is 0. The first-order valence-corrected chi connectivity index (χ1v) is 5.46. The van der Waals surface area contributed by atoms with Gasteiger partial charge < -0.3 is 5.11 Å². The summed E-state index contributed by atoms with van der Waals surface area (Å²) >= 11 is 0. The molecule has 1 unspecified atom stereocenters. The van der Waals surface area contributed by atoms with Gasteiger partial charge in [-0.25, -0.2) is 4.79 Å². The lowest BCUT2D eigenvalue weighted by Gasteiger charge is -2.11. The Balaban J connectivity index is 2.79. The van der Waals surface area contributed by atoms with Gasteiger partial charge in [0, 0.05) is 0 Å². The molecule has 1 aromatic rings. The van der Waals surface area contributed by atoms with Crippen molar-refractivity contribution in [1.29, 1.82) is 0 Å². The molecule has 1 atom stereocenters. The molecule has 0 spiro atoms. The van der Waals surface area contributed by atoms with E-state index in [9.17, 15) is 4.79 Å². The van der Waals surface area contributed by atoms with E-state index in [0.717, 1.165) is 24.8 Å². The highest BCUT2D eigenvalue weighted by Crippen LogP contribution is 2.17. The van der Waals surface area contributed by atoms with E-state index in [0.29, 0.717) is 11.5 Å². The molecule has 0 heterocycles. The summed E-state index contributed by atoms with van der Waals surface area (Å²) in [4.78, 5) is 11.0. The lowest BCUT2D eigenvalue weighted by molar-refractivity contribution is 0.0695. The van der Waals surface area contributed by atoms with Gasteiger partial charge in [0.05, 0.1) is 5.56 Å². The zero-order valence-corrected chi connectivity index (χ0v) is 9.36. The van der Waals surface area contributed by atoms with Crippen LogP contribution in [0, 0.1) is 5.92 Å². The second kappa shape index (κ2) is 5.54. The Bertz CT molecular complexity index is 331. The average molecular weight is 206 g/mol. The molecule has 0 fully saturated rings. The van der Waals surface area contributed by atoms with E-state index in [-0.39, 0.29) is 0 Å². The van der Waals surface area contributed by atoms with Crippen molar-refractivity contribution >= 4 is 5.97 Å². The van der Waals surface area contributed by atoms with Crippen LogP contribution in [-0.2, 0) is 6.42 Å². The summed E-state index contributed by atoms with van der Waals surface area (Å²) in [6.07, 6.45) is 3.15. The monoisotopic (exact) mass is 206 g/mol. The minimum Gasteiger partial charge on any atom is -0.478 e.